The van der Waals surface area contributed by atoms with Crippen molar-refractivity contribution in [3.05, 3.63) is 29.8 Å². The Morgan fingerprint density at radius 3 is 2.45 bits per heavy atom. The Labute approximate surface area is 129 Å². The molecule has 5 nitrogen and oxygen atoms in total. The van der Waals surface area contributed by atoms with E-state index in [4.69, 9.17) is 0 Å². The van der Waals surface area contributed by atoms with Gasteiger partial charge in [0, 0.05) is 5.69 Å². The van der Waals surface area contributed by atoms with Crippen LogP contribution in [-0.4, -0.2) is 50.2 Å². The lowest BCUT2D eigenvalue weighted by Gasteiger charge is -2.29. The van der Waals surface area contributed by atoms with E-state index in [1.165, 1.54) is 7.11 Å². The van der Waals surface area contributed by atoms with Gasteiger partial charge in [0.25, 0.3) is 0 Å². The summed E-state index contributed by atoms with van der Waals surface area (Å²) in [6.45, 7) is 1.54. The maximum Gasteiger partial charge on any atom is 0.337 e. The lowest BCUT2D eigenvalue weighted by molar-refractivity contribution is -0.117. The smallest absolute Gasteiger partial charge is 0.337 e. The third-order valence-electron chi connectivity index (χ3n) is 3.88. The summed E-state index contributed by atoms with van der Waals surface area (Å²) >= 11 is 0. The quantitative estimate of drug-likeness (QED) is 0.846. The molecular weight excluding hydrogens is 287 g/mol. The molecule has 1 aromatic rings. The minimum Gasteiger partial charge on any atom is -0.465 e. The molecule has 6 heteroatoms. The Hall–Kier alpha value is -1.95. The summed E-state index contributed by atoms with van der Waals surface area (Å²) in [6, 6.07) is 6.54. The minimum absolute atomic E-state index is 0.107. The van der Waals surface area contributed by atoms with E-state index in [-0.39, 0.29) is 18.5 Å². The van der Waals surface area contributed by atoms with Crippen molar-refractivity contribution in [2.45, 2.75) is 12.8 Å². The summed E-state index contributed by atoms with van der Waals surface area (Å²) < 4.78 is 17.2. The number of hydrogen-bond donors (Lipinski definition) is 1. The van der Waals surface area contributed by atoms with Crippen LogP contribution in [0.1, 0.15) is 23.2 Å². The Kier molecular flexibility index (Phi) is 5.89. The Balaban J connectivity index is 1.81. The first kappa shape index (κ1) is 16.4. The number of esters is 1. The first-order valence-electron chi connectivity index (χ1n) is 7.39. The van der Waals surface area contributed by atoms with E-state index >= 15 is 0 Å². The second-order valence-corrected chi connectivity index (χ2v) is 5.49. The fourth-order valence-electron chi connectivity index (χ4n) is 2.51. The molecule has 22 heavy (non-hydrogen) atoms. The van der Waals surface area contributed by atoms with Crippen LogP contribution in [0.15, 0.2) is 24.3 Å². The number of nitrogens with zero attached hydrogens (tertiary/aromatic N) is 1. The van der Waals surface area contributed by atoms with E-state index in [0.717, 1.165) is 25.9 Å². The number of hydrogen-bond acceptors (Lipinski definition) is 4. The average molecular weight is 308 g/mol. The molecule has 0 aliphatic carbocycles. The topological polar surface area (TPSA) is 58.6 Å². The second-order valence-electron chi connectivity index (χ2n) is 5.49. The molecule has 2 rings (SSSR count). The Morgan fingerprint density at radius 2 is 1.91 bits per heavy atom. The van der Waals surface area contributed by atoms with Gasteiger partial charge in [-0.1, -0.05) is 0 Å². The molecular formula is C16H21FN2O3. The highest BCUT2D eigenvalue weighted by molar-refractivity contribution is 5.93. The Morgan fingerprint density at radius 1 is 1.27 bits per heavy atom. The molecule has 0 atom stereocenters. The summed E-state index contributed by atoms with van der Waals surface area (Å²) in [4.78, 5) is 25.3. The summed E-state index contributed by atoms with van der Waals surface area (Å²) in [5, 5.41) is 2.79. The van der Waals surface area contributed by atoms with Gasteiger partial charge in [0.05, 0.1) is 25.9 Å². The molecule has 1 fully saturated rings. The average Bonchev–Trinajstić information content (AvgIpc) is 2.55. The van der Waals surface area contributed by atoms with Gasteiger partial charge in [0.15, 0.2) is 0 Å². The number of ether oxygens (including phenoxy) is 1. The molecule has 1 N–H and O–H groups in total. The molecule has 0 aromatic heterocycles. The van der Waals surface area contributed by atoms with Gasteiger partial charge in [-0.3, -0.25) is 14.1 Å². The highest BCUT2D eigenvalue weighted by atomic mass is 19.1. The number of amides is 1. The number of alkyl halides is 1. The van der Waals surface area contributed by atoms with Crippen molar-refractivity contribution in [1.82, 2.24) is 4.90 Å². The van der Waals surface area contributed by atoms with Crippen LogP contribution in [-0.2, 0) is 9.53 Å². The molecule has 1 aliphatic heterocycles. The van der Waals surface area contributed by atoms with Crippen LogP contribution in [0, 0.1) is 5.92 Å². The number of piperidine rings is 1. The van der Waals surface area contributed by atoms with Crippen molar-refractivity contribution in [3.8, 4) is 0 Å². The number of nitrogens with one attached hydrogen (secondary N) is 1. The van der Waals surface area contributed by atoms with E-state index in [1.807, 2.05) is 4.90 Å². The highest BCUT2D eigenvalue weighted by Crippen LogP contribution is 2.17. The molecule has 0 spiro atoms. The summed E-state index contributed by atoms with van der Waals surface area (Å²) in [6.07, 6.45) is 1.61. The zero-order valence-electron chi connectivity index (χ0n) is 12.7. The number of likely N-dealkylation sites (tertiary alicyclic amines) is 1. The largest absolute Gasteiger partial charge is 0.465 e. The zero-order chi connectivity index (χ0) is 15.9. The van der Waals surface area contributed by atoms with Gasteiger partial charge in [-0.05, 0) is 56.1 Å². The number of benzene rings is 1. The van der Waals surface area contributed by atoms with Crippen molar-refractivity contribution in [1.29, 1.82) is 0 Å². The van der Waals surface area contributed by atoms with E-state index in [0.29, 0.717) is 17.8 Å². The van der Waals surface area contributed by atoms with Crippen molar-refractivity contribution < 1.29 is 18.7 Å². The van der Waals surface area contributed by atoms with Gasteiger partial charge >= 0.3 is 5.97 Å². The second kappa shape index (κ2) is 7.89. The van der Waals surface area contributed by atoms with Crippen LogP contribution >= 0.6 is 0 Å². The first-order valence-corrected chi connectivity index (χ1v) is 7.39. The molecule has 1 heterocycles. The van der Waals surface area contributed by atoms with E-state index in [2.05, 4.69) is 10.1 Å². The lowest BCUT2D eigenvalue weighted by Crippen LogP contribution is -2.39. The van der Waals surface area contributed by atoms with E-state index in [9.17, 15) is 14.0 Å². The highest BCUT2D eigenvalue weighted by Gasteiger charge is 2.20. The minimum atomic E-state index is -0.409. The summed E-state index contributed by atoms with van der Waals surface area (Å²) in [7, 11) is 1.32. The fraction of sp³-hybridized carbons (Fsp3) is 0.500. The van der Waals surface area contributed by atoms with Gasteiger partial charge in [-0.2, -0.15) is 0 Å². The molecule has 120 valence electrons. The standard InChI is InChI=1S/C16H21FN2O3/c1-22-16(21)13-2-4-14(5-3-13)18-15(20)11-19-8-6-12(10-17)7-9-19/h2-5,12H,6-11H2,1H3,(H,18,20). The zero-order valence-corrected chi connectivity index (χ0v) is 12.7. The summed E-state index contributed by atoms with van der Waals surface area (Å²) in [5.41, 5.74) is 1.07. The predicted molar refractivity (Wildman–Crippen MR) is 81.6 cm³/mol. The van der Waals surface area contributed by atoms with Crippen LogP contribution in [0.25, 0.3) is 0 Å². The van der Waals surface area contributed by atoms with Crippen molar-refractivity contribution in [3.63, 3.8) is 0 Å². The molecule has 0 saturated carbocycles. The van der Waals surface area contributed by atoms with Gasteiger partial charge in [0.1, 0.15) is 0 Å². The third kappa shape index (κ3) is 4.53. The number of methoxy groups -OCH3 is 1. The molecule has 0 unspecified atom stereocenters. The first-order chi connectivity index (χ1) is 10.6. The number of carbonyl (C=O) groups is 2. The molecule has 1 amide bonds. The SMILES string of the molecule is COC(=O)c1ccc(NC(=O)CN2CCC(CF)CC2)cc1. The van der Waals surface area contributed by atoms with E-state index in [1.54, 1.807) is 24.3 Å². The lowest BCUT2D eigenvalue weighted by atomic mass is 9.98. The number of anilines is 1. The Bertz CT molecular complexity index is 511. The van der Waals surface area contributed by atoms with Crippen LogP contribution in [0.3, 0.4) is 0 Å². The molecule has 0 radical (unpaired) electrons. The maximum atomic E-state index is 12.5. The summed E-state index contributed by atoms with van der Waals surface area (Å²) in [5.74, 6) is -0.372. The van der Waals surface area contributed by atoms with Gasteiger partial charge in [0.2, 0.25) is 5.91 Å². The molecule has 1 aliphatic rings. The number of halogens is 1. The van der Waals surface area contributed by atoms with Crippen molar-refractivity contribution in [2.24, 2.45) is 5.92 Å². The predicted octanol–water partition coefficient (Wildman–Crippen LogP) is 2.09. The van der Waals surface area contributed by atoms with Crippen molar-refractivity contribution in [2.75, 3.05) is 38.7 Å². The van der Waals surface area contributed by atoms with Crippen LogP contribution in [0.2, 0.25) is 0 Å². The van der Waals surface area contributed by atoms with Gasteiger partial charge in [-0.25, -0.2) is 4.79 Å². The molecule has 1 saturated heterocycles. The fourth-order valence-corrected chi connectivity index (χ4v) is 2.51. The van der Waals surface area contributed by atoms with Gasteiger partial charge in [-0.15, -0.1) is 0 Å². The van der Waals surface area contributed by atoms with Crippen LogP contribution < -0.4 is 5.32 Å². The van der Waals surface area contributed by atoms with Crippen LogP contribution in [0.4, 0.5) is 10.1 Å². The van der Waals surface area contributed by atoms with E-state index < -0.39 is 5.97 Å². The third-order valence-corrected chi connectivity index (χ3v) is 3.88. The number of carbonyl (C=O) groups excluding carboxylic acids is 2. The van der Waals surface area contributed by atoms with Crippen LogP contribution in [0.5, 0.6) is 0 Å². The molecule has 1 aromatic carbocycles. The monoisotopic (exact) mass is 308 g/mol. The van der Waals surface area contributed by atoms with Gasteiger partial charge < -0.3 is 10.1 Å². The normalized spacial score (nSPS) is 16.3. The number of rotatable bonds is 5. The molecule has 0 bridgehead atoms. The maximum absolute atomic E-state index is 12.5. The van der Waals surface area contributed by atoms with Crippen molar-refractivity contribution >= 4 is 17.6 Å².